The van der Waals surface area contributed by atoms with E-state index in [4.69, 9.17) is 9.51 Å². The quantitative estimate of drug-likeness (QED) is 0.335. The third-order valence-corrected chi connectivity index (χ3v) is 5.93. The molecule has 0 saturated carbocycles. The van der Waals surface area contributed by atoms with Crippen LogP contribution < -0.4 is 0 Å². The summed E-state index contributed by atoms with van der Waals surface area (Å²) in [5, 5.41) is 5.41. The Morgan fingerprint density at radius 1 is 0.800 bits per heavy atom. The number of hydrogen-bond acceptors (Lipinski definition) is 3. The first-order valence-corrected chi connectivity index (χ1v) is 10.9. The van der Waals surface area contributed by atoms with Crippen molar-refractivity contribution in [2.24, 2.45) is 0 Å². The van der Waals surface area contributed by atoms with E-state index in [0.29, 0.717) is 11.8 Å². The molecule has 2 heterocycles. The monoisotopic (exact) mass is 398 g/mol. The first kappa shape index (κ1) is 20.3. The molecule has 0 radical (unpaired) electrons. The maximum absolute atomic E-state index is 5.47. The van der Waals surface area contributed by atoms with Crippen LogP contribution in [0, 0.1) is 0 Å². The highest BCUT2D eigenvalue weighted by atomic mass is 16.5. The Bertz CT molecular complexity index is 1110. The lowest BCUT2D eigenvalue weighted by atomic mass is 9.93. The molecule has 0 N–H and O–H groups in total. The van der Waals surface area contributed by atoms with Gasteiger partial charge >= 0.3 is 0 Å². The van der Waals surface area contributed by atoms with Gasteiger partial charge in [-0.15, -0.1) is 0 Å². The number of aromatic nitrogens is 2. The number of fused-ring (bicyclic) bond motifs is 1. The first-order valence-electron chi connectivity index (χ1n) is 10.9. The zero-order chi connectivity index (χ0) is 21.1. The van der Waals surface area contributed by atoms with Crippen molar-refractivity contribution in [3.8, 4) is 0 Å². The van der Waals surface area contributed by atoms with Crippen molar-refractivity contribution >= 4 is 11.0 Å². The molecule has 3 heteroatoms. The minimum Gasteiger partial charge on any atom is -0.356 e. The zero-order valence-electron chi connectivity index (χ0n) is 18.3. The highest BCUT2D eigenvalue weighted by Crippen LogP contribution is 2.28. The van der Waals surface area contributed by atoms with Crippen LogP contribution in [0.25, 0.3) is 11.0 Å². The molecule has 4 rings (SSSR count). The van der Waals surface area contributed by atoms with E-state index in [9.17, 15) is 0 Å². The summed E-state index contributed by atoms with van der Waals surface area (Å²) in [6.45, 7) is 8.94. The first-order chi connectivity index (χ1) is 14.5. The number of hydrogen-bond donors (Lipinski definition) is 0. The van der Waals surface area contributed by atoms with Crippen molar-refractivity contribution in [3.63, 3.8) is 0 Å². The Kier molecular flexibility index (Phi) is 5.98. The average molecular weight is 399 g/mol. The average Bonchev–Trinajstić information content (AvgIpc) is 3.19. The summed E-state index contributed by atoms with van der Waals surface area (Å²) in [5.74, 6) is 1.22. The SMILES string of the molecule is CC(C)c1cccc(CC(C)c2ccc(CC(C)c3noc4ccccc34)cn2)c1. The van der Waals surface area contributed by atoms with Crippen LogP contribution in [0.5, 0.6) is 0 Å². The lowest BCUT2D eigenvalue weighted by Gasteiger charge is -2.14. The summed E-state index contributed by atoms with van der Waals surface area (Å²) in [6.07, 6.45) is 3.93. The molecule has 0 saturated heterocycles. The summed E-state index contributed by atoms with van der Waals surface area (Å²) >= 11 is 0. The second-order valence-electron chi connectivity index (χ2n) is 8.77. The maximum Gasteiger partial charge on any atom is 0.167 e. The van der Waals surface area contributed by atoms with Crippen LogP contribution in [-0.2, 0) is 12.8 Å². The molecule has 0 aliphatic rings. The number of benzene rings is 2. The van der Waals surface area contributed by atoms with E-state index in [1.165, 1.54) is 16.7 Å². The molecule has 2 aromatic carbocycles. The molecule has 30 heavy (non-hydrogen) atoms. The lowest BCUT2D eigenvalue weighted by molar-refractivity contribution is 0.439. The third kappa shape index (κ3) is 4.46. The molecule has 154 valence electrons. The van der Waals surface area contributed by atoms with E-state index in [0.717, 1.165) is 35.2 Å². The smallest absolute Gasteiger partial charge is 0.167 e. The summed E-state index contributed by atoms with van der Waals surface area (Å²) in [7, 11) is 0. The van der Waals surface area contributed by atoms with E-state index in [2.05, 4.69) is 75.3 Å². The van der Waals surface area contributed by atoms with E-state index in [1.807, 2.05) is 24.4 Å². The van der Waals surface area contributed by atoms with Crippen LogP contribution >= 0.6 is 0 Å². The molecule has 4 aromatic rings. The van der Waals surface area contributed by atoms with Crippen LogP contribution in [0.4, 0.5) is 0 Å². The van der Waals surface area contributed by atoms with Gasteiger partial charge < -0.3 is 4.52 Å². The van der Waals surface area contributed by atoms with Crippen LogP contribution in [0.3, 0.4) is 0 Å². The van der Waals surface area contributed by atoms with Gasteiger partial charge in [-0.1, -0.05) is 75.3 Å². The van der Waals surface area contributed by atoms with Gasteiger partial charge in [-0.25, -0.2) is 0 Å². The Hall–Kier alpha value is -2.94. The van der Waals surface area contributed by atoms with E-state index in [-0.39, 0.29) is 5.92 Å². The van der Waals surface area contributed by atoms with Gasteiger partial charge in [0.15, 0.2) is 5.58 Å². The van der Waals surface area contributed by atoms with Gasteiger partial charge in [-0.3, -0.25) is 4.98 Å². The highest BCUT2D eigenvalue weighted by molar-refractivity contribution is 5.79. The Morgan fingerprint density at radius 2 is 1.60 bits per heavy atom. The molecular formula is C27H30N2O. The summed E-state index contributed by atoms with van der Waals surface area (Å²) in [5.41, 5.74) is 7.03. The minimum atomic E-state index is 0.275. The van der Waals surface area contributed by atoms with Gasteiger partial charge in [0.25, 0.3) is 0 Å². The maximum atomic E-state index is 5.47. The largest absolute Gasteiger partial charge is 0.356 e. The summed E-state index contributed by atoms with van der Waals surface area (Å²) in [4.78, 5) is 4.79. The van der Waals surface area contributed by atoms with Gasteiger partial charge in [-0.05, 0) is 53.6 Å². The van der Waals surface area contributed by atoms with Crippen molar-refractivity contribution < 1.29 is 4.52 Å². The topological polar surface area (TPSA) is 38.9 Å². The van der Waals surface area contributed by atoms with Gasteiger partial charge in [0.1, 0.15) is 0 Å². The summed E-state index contributed by atoms with van der Waals surface area (Å²) < 4.78 is 5.47. The molecule has 2 unspecified atom stereocenters. The fraction of sp³-hybridized carbons (Fsp3) is 0.333. The molecule has 0 bridgehead atoms. The molecule has 0 aliphatic heterocycles. The van der Waals surface area contributed by atoms with Gasteiger partial charge in [-0.2, -0.15) is 0 Å². The van der Waals surface area contributed by atoms with Crippen LogP contribution in [0.2, 0.25) is 0 Å². The van der Waals surface area contributed by atoms with Crippen molar-refractivity contribution in [3.05, 3.63) is 94.9 Å². The molecule has 2 atom stereocenters. The normalized spacial score (nSPS) is 13.6. The standard InChI is InChI=1S/C27H30N2O/c1-18(2)23-9-7-8-21(16-23)14-19(3)25-13-12-22(17-28-25)15-20(4)27-24-10-5-6-11-26(24)30-29-27/h5-13,16-20H,14-15H2,1-4H3. The van der Waals surface area contributed by atoms with Gasteiger partial charge in [0.2, 0.25) is 0 Å². The van der Waals surface area contributed by atoms with Crippen LogP contribution in [-0.4, -0.2) is 10.1 Å². The minimum absolute atomic E-state index is 0.275. The fourth-order valence-electron chi connectivity index (χ4n) is 4.10. The molecule has 0 spiro atoms. The lowest BCUT2D eigenvalue weighted by Crippen LogP contribution is -2.04. The summed E-state index contributed by atoms with van der Waals surface area (Å²) in [6, 6.07) is 21.4. The van der Waals surface area contributed by atoms with Crippen molar-refractivity contribution in [2.45, 2.75) is 58.3 Å². The number of rotatable bonds is 7. The molecule has 0 aliphatic carbocycles. The van der Waals surface area contributed by atoms with E-state index >= 15 is 0 Å². The molecular weight excluding hydrogens is 368 g/mol. The van der Waals surface area contributed by atoms with Crippen LogP contribution in [0.15, 0.2) is 71.4 Å². The number of pyridine rings is 1. The van der Waals surface area contributed by atoms with Gasteiger partial charge in [0.05, 0.1) is 5.69 Å². The van der Waals surface area contributed by atoms with Crippen molar-refractivity contribution in [2.75, 3.05) is 0 Å². The van der Waals surface area contributed by atoms with E-state index in [1.54, 1.807) is 0 Å². The zero-order valence-corrected chi connectivity index (χ0v) is 18.3. The second kappa shape index (κ2) is 8.83. The third-order valence-electron chi connectivity index (χ3n) is 5.93. The Morgan fingerprint density at radius 3 is 2.37 bits per heavy atom. The molecule has 2 aromatic heterocycles. The van der Waals surface area contributed by atoms with Crippen LogP contribution in [0.1, 0.15) is 73.5 Å². The highest BCUT2D eigenvalue weighted by Gasteiger charge is 2.16. The molecule has 0 amide bonds. The predicted molar refractivity (Wildman–Crippen MR) is 123 cm³/mol. The second-order valence-corrected chi connectivity index (χ2v) is 8.77. The number of nitrogens with zero attached hydrogens (tertiary/aromatic N) is 2. The van der Waals surface area contributed by atoms with Crippen molar-refractivity contribution in [1.82, 2.24) is 10.1 Å². The Balaban J connectivity index is 1.43. The number of para-hydroxylation sites is 1. The predicted octanol–water partition coefficient (Wildman–Crippen LogP) is 7.04. The Labute approximate surface area is 179 Å². The molecule has 0 fully saturated rings. The molecule has 3 nitrogen and oxygen atoms in total. The van der Waals surface area contributed by atoms with Gasteiger partial charge in [0, 0.05) is 29.1 Å². The fourth-order valence-corrected chi connectivity index (χ4v) is 4.10. The van der Waals surface area contributed by atoms with E-state index < -0.39 is 0 Å². The van der Waals surface area contributed by atoms with Crippen molar-refractivity contribution in [1.29, 1.82) is 0 Å².